The van der Waals surface area contributed by atoms with E-state index in [1.165, 1.54) is 11.8 Å². The molecule has 0 fully saturated rings. The largest absolute Gasteiger partial charge is 0.494 e. The number of ether oxygens (including phenoxy) is 1. The third kappa shape index (κ3) is 3.06. The van der Waals surface area contributed by atoms with E-state index in [1.807, 2.05) is 25.1 Å². The van der Waals surface area contributed by atoms with E-state index in [-0.39, 0.29) is 0 Å². The fraction of sp³-hybridized carbons (Fsp3) is 0.154. The van der Waals surface area contributed by atoms with Gasteiger partial charge in [-0.25, -0.2) is 20.8 Å². The first-order chi connectivity index (χ1) is 10.3. The van der Waals surface area contributed by atoms with Crippen molar-refractivity contribution in [3.05, 3.63) is 30.5 Å². The van der Waals surface area contributed by atoms with Gasteiger partial charge in [-0.1, -0.05) is 0 Å². The molecule has 8 heteroatoms. The number of nitrogens with two attached hydrogens (primary N) is 1. The van der Waals surface area contributed by atoms with Gasteiger partial charge in [-0.15, -0.1) is 0 Å². The first kappa shape index (κ1) is 13.7. The van der Waals surface area contributed by atoms with Crippen molar-refractivity contribution >= 4 is 28.7 Å². The molecule has 1 aromatic carbocycles. The first-order valence-electron chi connectivity index (χ1n) is 6.38. The number of aromatic amines is 1. The van der Waals surface area contributed by atoms with Gasteiger partial charge in [-0.3, -0.25) is 5.43 Å². The topological polar surface area (TPSA) is 102 Å². The van der Waals surface area contributed by atoms with E-state index < -0.39 is 0 Å². The average Bonchev–Trinajstić information content (AvgIpc) is 2.89. The quantitative estimate of drug-likeness (QED) is 0.377. The maximum Gasteiger partial charge on any atom is 0.238 e. The summed E-state index contributed by atoms with van der Waals surface area (Å²) >= 11 is 1.41. The SMILES string of the molecule is CCOc1ccc2nc(Sc3ccnc(NN)n3)[nH]c2c1. The number of rotatable bonds is 5. The third-order valence-corrected chi connectivity index (χ3v) is 3.53. The Bertz CT molecular complexity index is 759. The molecule has 108 valence electrons. The maximum atomic E-state index is 5.47. The Labute approximate surface area is 125 Å². The summed E-state index contributed by atoms with van der Waals surface area (Å²) in [5.41, 5.74) is 4.23. The van der Waals surface area contributed by atoms with Crippen LogP contribution in [0.4, 0.5) is 5.95 Å². The lowest BCUT2D eigenvalue weighted by atomic mass is 10.3. The van der Waals surface area contributed by atoms with Crippen molar-refractivity contribution in [2.24, 2.45) is 5.84 Å². The van der Waals surface area contributed by atoms with Gasteiger partial charge in [0.15, 0.2) is 5.16 Å². The lowest BCUT2D eigenvalue weighted by Gasteiger charge is -2.00. The Kier molecular flexibility index (Phi) is 3.89. The van der Waals surface area contributed by atoms with Crippen molar-refractivity contribution in [3.63, 3.8) is 0 Å². The zero-order chi connectivity index (χ0) is 14.7. The molecule has 0 spiro atoms. The Balaban J connectivity index is 1.86. The lowest BCUT2D eigenvalue weighted by Crippen LogP contribution is -2.10. The fourth-order valence-electron chi connectivity index (χ4n) is 1.84. The van der Waals surface area contributed by atoms with Crippen LogP contribution in [0.1, 0.15) is 6.92 Å². The molecule has 21 heavy (non-hydrogen) atoms. The molecular formula is C13H14N6OS. The van der Waals surface area contributed by atoms with E-state index in [4.69, 9.17) is 10.6 Å². The van der Waals surface area contributed by atoms with Gasteiger partial charge in [0, 0.05) is 12.3 Å². The van der Waals surface area contributed by atoms with E-state index in [0.29, 0.717) is 12.6 Å². The zero-order valence-electron chi connectivity index (χ0n) is 11.3. The van der Waals surface area contributed by atoms with Gasteiger partial charge < -0.3 is 9.72 Å². The van der Waals surface area contributed by atoms with E-state index >= 15 is 0 Å². The normalized spacial score (nSPS) is 10.8. The summed E-state index contributed by atoms with van der Waals surface area (Å²) in [6.45, 7) is 2.59. The summed E-state index contributed by atoms with van der Waals surface area (Å²) < 4.78 is 5.47. The number of anilines is 1. The molecule has 0 aliphatic carbocycles. The Morgan fingerprint density at radius 1 is 1.33 bits per heavy atom. The average molecular weight is 302 g/mol. The van der Waals surface area contributed by atoms with Crippen molar-refractivity contribution in [2.45, 2.75) is 17.1 Å². The number of benzene rings is 1. The van der Waals surface area contributed by atoms with Crippen LogP contribution in [-0.2, 0) is 0 Å². The highest BCUT2D eigenvalue weighted by molar-refractivity contribution is 7.99. The lowest BCUT2D eigenvalue weighted by molar-refractivity contribution is 0.340. The number of imidazole rings is 1. The molecule has 2 aromatic heterocycles. The molecule has 7 nitrogen and oxygen atoms in total. The number of fused-ring (bicyclic) bond motifs is 1. The predicted molar refractivity (Wildman–Crippen MR) is 81.2 cm³/mol. The van der Waals surface area contributed by atoms with Gasteiger partial charge in [0.25, 0.3) is 0 Å². The predicted octanol–water partition coefficient (Wildman–Crippen LogP) is 2.19. The summed E-state index contributed by atoms with van der Waals surface area (Å²) in [7, 11) is 0. The minimum atomic E-state index is 0.370. The molecule has 0 saturated carbocycles. The van der Waals surface area contributed by atoms with Crippen molar-refractivity contribution in [2.75, 3.05) is 12.0 Å². The molecule has 0 amide bonds. The number of H-pyrrole nitrogens is 1. The molecule has 2 heterocycles. The maximum absolute atomic E-state index is 5.47. The van der Waals surface area contributed by atoms with Crippen LogP contribution in [0.2, 0.25) is 0 Å². The second kappa shape index (κ2) is 5.98. The number of nitrogens with zero attached hydrogens (tertiary/aromatic N) is 3. The molecular weight excluding hydrogens is 288 g/mol. The Morgan fingerprint density at radius 2 is 2.24 bits per heavy atom. The zero-order valence-corrected chi connectivity index (χ0v) is 12.1. The number of hydrazine groups is 1. The van der Waals surface area contributed by atoms with Crippen LogP contribution >= 0.6 is 11.8 Å². The van der Waals surface area contributed by atoms with E-state index in [2.05, 4.69) is 25.4 Å². The van der Waals surface area contributed by atoms with Gasteiger partial charge in [-0.2, -0.15) is 0 Å². The van der Waals surface area contributed by atoms with E-state index in [9.17, 15) is 0 Å². The molecule has 0 aliphatic heterocycles. The second-order valence-electron chi connectivity index (χ2n) is 4.12. The van der Waals surface area contributed by atoms with Gasteiger partial charge >= 0.3 is 0 Å². The molecule has 4 N–H and O–H groups in total. The van der Waals surface area contributed by atoms with Crippen LogP contribution in [0, 0.1) is 0 Å². The Hall–Kier alpha value is -2.32. The minimum Gasteiger partial charge on any atom is -0.494 e. The molecule has 0 radical (unpaired) electrons. The van der Waals surface area contributed by atoms with Gasteiger partial charge in [0.05, 0.1) is 17.6 Å². The van der Waals surface area contributed by atoms with E-state index in [1.54, 1.807) is 12.3 Å². The highest BCUT2D eigenvalue weighted by Gasteiger charge is 2.07. The summed E-state index contributed by atoms with van der Waals surface area (Å²) in [4.78, 5) is 15.9. The highest BCUT2D eigenvalue weighted by atomic mass is 32.2. The van der Waals surface area contributed by atoms with Crippen LogP contribution < -0.4 is 16.0 Å². The van der Waals surface area contributed by atoms with Gasteiger partial charge in [0.2, 0.25) is 5.95 Å². The molecule has 3 aromatic rings. The fourth-order valence-corrected chi connectivity index (χ4v) is 2.60. The molecule has 0 aliphatic rings. The molecule has 0 bridgehead atoms. The molecule has 0 atom stereocenters. The summed E-state index contributed by atoms with van der Waals surface area (Å²) in [6, 6.07) is 7.56. The monoisotopic (exact) mass is 302 g/mol. The smallest absolute Gasteiger partial charge is 0.238 e. The van der Waals surface area contributed by atoms with Gasteiger partial charge in [0.1, 0.15) is 10.8 Å². The van der Waals surface area contributed by atoms with Crippen molar-refractivity contribution < 1.29 is 4.74 Å². The van der Waals surface area contributed by atoms with E-state index in [0.717, 1.165) is 27.0 Å². The number of nitrogens with one attached hydrogen (secondary N) is 2. The van der Waals surface area contributed by atoms with Crippen LogP contribution in [0.15, 0.2) is 40.6 Å². The standard InChI is InChI=1S/C13H14N6OS/c1-2-20-8-3-4-9-10(7-8)17-13(16-9)21-11-5-6-15-12(18-11)19-14/h3-7H,2,14H2,1H3,(H,16,17)(H,15,18,19). The molecule has 3 rings (SSSR count). The first-order valence-corrected chi connectivity index (χ1v) is 7.20. The van der Waals surface area contributed by atoms with Crippen LogP contribution in [0.5, 0.6) is 5.75 Å². The van der Waals surface area contributed by atoms with Crippen molar-refractivity contribution in [1.29, 1.82) is 0 Å². The van der Waals surface area contributed by atoms with Crippen LogP contribution in [0.3, 0.4) is 0 Å². The van der Waals surface area contributed by atoms with Crippen molar-refractivity contribution in [3.8, 4) is 5.75 Å². The van der Waals surface area contributed by atoms with Crippen LogP contribution in [-0.4, -0.2) is 26.5 Å². The number of nitrogen functional groups attached to an aromatic ring is 1. The van der Waals surface area contributed by atoms with Gasteiger partial charge in [-0.05, 0) is 36.9 Å². The number of hydrogen-bond donors (Lipinski definition) is 3. The minimum absolute atomic E-state index is 0.370. The summed E-state index contributed by atoms with van der Waals surface area (Å²) in [6.07, 6.45) is 1.64. The molecule has 0 saturated heterocycles. The third-order valence-electron chi connectivity index (χ3n) is 2.70. The number of hydrogen-bond acceptors (Lipinski definition) is 7. The van der Waals surface area contributed by atoms with Crippen LogP contribution in [0.25, 0.3) is 11.0 Å². The number of aromatic nitrogens is 4. The Morgan fingerprint density at radius 3 is 3.05 bits per heavy atom. The summed E-state index contributed by atoms with van der Waals surface area (Å²) in [5.74, 6) is 6.49. The van der Waals surface area contributed by atoms with Crippen molar-refractivity contribution in [1.82, 2.24) is 19.9 Å². The highest BCUT2D eigenvalue weighted by Crippen LogP contribution is 2.27. The summed E-state index contributed by atoms with van der Waals surface area (Å²) in [5, 5.41) is 1.50. The molecule has 0 unspecified atom stereocenters. The second-order valence-corrected chi connectivity index (χ2v) is 5.13.